The predicted octanol–water partition coefficient (Wildman–Crippen LogP) is -0.0607. The van der Waals surface area contributed by atoms with Gasteiger partial charge in [-0.15, -0.1) is 0 Å². The molecule has 1 saturated heterocycles. The third kappa shape index (κ3) is 6.86. The second-order valence-electron chi connectivity index (χ2n) is 5.64. The van der Waals surface area contributed by atoms with Gasteiger partial charge in [-0.1, -0.05) is 13.8 Å². The third-order valence-electron chi connectivity index (χ3n) is 3.40. The van der Waals surface area contributed by atoms with Crippen LogP contribution in [0.4, 0.5) is 0 Å². The summed E-state index contributed by atoms with van der Waals surface area (Å²) in [5.74, 6) is 0.413. The van der Waals surface area contributed by atoms with E-state index in [4.69, 9.17) is 0 Å². The van der Waals surface area contributed by atoms with E-state index in [-0.39, 0.29) is 11.9 Å². The second-order valence-corrected chi connectivity index (χ2v) is 5.64. The molecule has 0 radical (unpaired) electrons. The number of carbonyl (C=O) groups excluding carboxylic acids is 2. The molecule has 1 amide bonds. The Bertz CT molecular complexity index is 313. The van der Waals surface area contributed by atoms with Crippen molar-refractivity contribution in [3.63, 3.8) is 0 Å². The molecule has 0 spiro atoms. The van der Waals surface area contributed by atoms with Gasteiger partial charge in [-0.3, -0.25) is 14.5 Å². The van der Waals surface area contributed by atoms with Gasteiger partial charge in [0.05, 0.1) is 20.1 Å². The maximum Gasteiger partial charge on any atom is 0.306 e. The van der Waals surface area contributed by atoms with Crippen LogP contribution >= 0.6 is 0 Å². The average Bonchev–Trinajstić information content (AvgIpc) is 2.44. The van der Waals surface area contributed by atoms with E-state index in [1.165, 1.54) is 7.11 Å². The summed E-state index contributed by atoms with van der Waals surface area (Å²) >= 11 is 0. The van der Waals surface area contributed by atoms with Gasteiger partial charge in [0.1, 0.15) is 0 Å². The lowest BCUT2D eigenvalue weighted by Gasteiger charge is -2.34. The highest BCUT2D eigenvalue weighted by Gasteiger charge is 2.19. The summed E-state index contributed by atoms with van der Waals surface area (Å²) in [5, 5.41) is 2.93. The van der Waals surface area contributed by atoms with Gasteiger partial charge >= 0.3 is 5.97 Å². The quantitative estimate of drug-likeness (QED) is 0.664. The lowest BCUT2D eigenvalue weighted by Crippen LogP contribution is -2.50. The van der Waals surface area contributed by atoms with Crippen molar-refractivity contribution in [3.05, 3.63) is 0 Å². The molecule has 1 N–H and O–H groups in total. The molecule has 1 fully saturated rings. The van der Waals surface area contributed by atoms with Crippen LogP contribution < -0.4 is 5.32 Å². The maximum absolute atomic E-state index is 11.7. The molecule has 1 heterocycles. The summed E-state index contributed by atoms with van der Waals surface area (Å²) in [6.45, 7) is 9.64. The van der Waals surface area contributed by atoms with Crippen LogP contribution in [0.1, 0.15) is 20.3 Å². The Morgan fingerprint density at radius 2 is 1.75 bits per heavy atom. The van der Waals surface area contributed by atoms with Crippen molar-refractivity contribution in [2.24, 2.45) is 5.92 Å². The molecule has 0 aromatic heterocycles. The molecule has 6 nitrogen and oxygen atoms in total. The van der Waals surface area contributed by atoms with E-state index in [9.17, 15) is 9.59 Å². The molecule has 0 aromatic carbocycles. The molecule has 0 atom stereocenters. The first-order valence-corrected chi connectivity index (χ1v) is 7.29. The number of amides is 1. The van der Waals surface area contributed by atoms with Crippen LogP contribution in [0.15, 0.2) is 0 Å². The van der Waals surface area contributed by atoms with Crippen molar-refractivity contribution in [2.45, 2.75) is 20.3 Å². The fraction of sp³-hybridized carbons (Fsp3) is 0.857. The molecule has 1 rings (SSSR count). The Morgan fingerprint density at radius 3 is 2.30 bits per heavy atom. The fourth-order valence-electron chi connectivity index (χ4n) is 2.10. The minimum Gasteiger partial charge on any atom is -0.469 e. The highest BCUT2D eigenvalue weighted by atomic mass is 16.5. The molecule has 0 saturated carbocycles. The SMILES string of the molecule is COC(=O)CCN1CCN(CC(=O)NCC(C)C)CC1. The number of hydrogen-bond acceptors (Lipinski definition) is 5. The molecule has 0 aromatic rings. The zero-order chi connectivity index (χ0) is 15.0. The third-order valence-corrected chi connectivity index (χ3v) is 3.40. The van der Waals surface area contributed by atoms with Gasteiger partial charge in [0, 0.05) is 39.3 Å². The van der Waals surface area contributed by atoms with Gasteiger partial charge in [0.2, 0.25) is 5.91 Å². The number of nitrogens with one attached hydrogen (secondary N) is 1. The zero-order valence-electron chi connectivity index (χ0n) is 12.9. The molecular formula is C14H27N3O3. The zero-order valence-corrected chi connectivity index (χ0v) is 12.9. The van der Waals surface area contributed by atoms with Crippen molar-refractivity contribution in [3.8, 4) is 0 Å². The first-order chi connectivity index (χ1) is 9.51. The van der Waals surface area contributed by atoms with Crippen molar-refractivity contribution < 1.29 is 14.3 Å². The summed E-state index contributed by atoms with van der Waals surface area (Å²) < 4.78 is 4.63. The molecule has 1 aliphatic heterocycles. The largest absolute Gasteiger partial charge is 0.469 e. The lowest BCUT2D eigenvalue weighted by molar-refractivity contribution is -0.141. The number of methoxy groups -OCH3 is 1. The first-order valence-electron chi connectivity index (χ1n) is 7.29. The van der Waals surface area contributed by atoms with Gasteiger partial charge < -0.3 is 15.0 Å². The lowest BCUT2D eigenvalue weighted by atomic mass is 10.2. The maximum atomic E-state index is 11.7. The standard InChI is InChI=1S/C14H27N3O3/c1-12(2)10-15-13(18)11-17-8-6-16(7-9-17)5-4-14(19)20-3/h12H,4-11H2,1-3H3,(H,15,18). The summed E-state index contributed by atoms with van der Waals surface area (Å²) in [6.07, 6.45) is 0.436. The normalized spacial score (nSPS) is 17.2. The second kappa shape index (κ2) is 8.92. The van der Waals surface area contributed by atoms with Crippen LogP contribution in [0, 0.1) is 5.92 Å². The number of nitrogens with zero attached hydrogens (tertiary/aromatic N) is 2. The van der Waals surface area contributed by atoms with Crippen molar-refractivity contribution in [1.82, 2.24) is 15.1 Å². The smallest absolute Gasteiger partial charge is 0.306 e. The fourth-order valence-corrected chi connectivity index (χ4v) is 2.10. The first kappa shape index (κ1) is 16.9. The summed E-state index contributed by atoms with van der Waals surface area (Å²) in [4.78, 5) is 27.2. The van der Waals surface area contributed by atoms with Crippen LogP contribution in [0.2, 0.25) is 0 Å². The van der Waals surface area contributed by atoms with Gasteiger partial charge in [-0.05, 0) is 5.92 Å². The highest BCUT2D eigenvalue weighted by Crippen LogP contribution is 2.02. The van der Waals surface area contributed by atoms with Crippen molar-refractivity contribution in [1.29, 1.82) is 0 Å². The monoisotopic (exact) mass is 285 g/mol. The molecule has 6 heteroatoms. The molecule has 0 unspecified atom stereocenters. The van der Waals surface area contributed by atoms with Gasteiger partial charge in [0.25, 0.3) is 0 Å². The van der Waals surface area contributed by atoms with E-state index < -0.39 is 0 Å². The van der Waals surface area contributed by atoms with E-state index in [1.54, 1.807) is 0 Å². The number of rotatable bonds is 7. The van der Waals surface area contributed by atoms with Gasteiger partial charge in [-0.2, -0.15) is 0 Å². The van der Waals surface area contributed by atoms with Crippen LogP contribution in [0.25, 0.3) is 0 Å². The van der Waals surface area contributed by atoms with E-state index in [0.717, 1.165) is 39.3 Å². The van der Waals surface area contributed by atoms with E-state index in [0.29, 0.717) is 18.9 Å². The molecule has 0 aliphatic carbocycles. The van der Waals surface area contributed by atoms with Gasteiger partial charge in [0.15, 0.2) is 0 Å². The Labute approximate surface area is 121 Å². The van der Waals surface area contributed by atoms with Crippen LogP contribution in [-0.4, -0.2) is 74.6 Å². The number of hydrogen-bond donors (Lipinski definition) is 1. The minimum absolute atomic E-state index is 0.0988. The van der Waals surface area contributed by atoms with E-state index in [1.807, 2.05) is 0 Å². The molecule has 0 bridgehead atoms. The Morgan fingerprint density at radius 1 is 1.15 bits per heavy atom. The van der Waals surface area contributed by atoms with Crippen molar-refractivity contribution in [2.75, 3.05) is 52.9 Å². The van der Waals surface area contributed by atoms with Crippen molar-refractivity contribution >= 4 is 11.9 Å². The molecule has 20 heavy (non-hydrogen) atoms. The van der Waals surface area contributed by atoms with Crippen LogP contribution in [-0.2, 0) is 14.3 Å². The van der Waals surface area contributed by atoms with E-state index >= 15 is 0 Å². The average molecular weight is 285 g/mol. The minimum atomic E-state index is -0.166. The molecular weight excluding hydrogens is 258 g/mol. The van der Waals surface area contributed by atoms with E-state index in [2.05, 4.69) is 33.7 Å². The number of carbonyl (C=O) groups is 2. The Kier molecular flexibility index (Phi) is 7.54. The molecule has 116 valence electrons. The van der Waals surface area contributed by atoms with Gasteiger partial charge in [-0.25, -0.2) is 0 Å². The predicted molar refractivity (Wildman–Crippen MR) is 77.4 cm³/mol. The topological polar surface area (TPSA) is 61.9 Å². The van der Waals surface area contributed by atoms with Crippen LogP contribution in [0.3, 0.4) is 0 Å². The number of piperazine rings is 1. The Balaban J connectivity index is 2.15. The summed E-state index contributed by atoms with van der Waals surface area (Å²) in [7, 11) is 1.41. The van der Waals surface area contributed by atoms with Crippen LogP contribution in [0.5, 0.6) is 0 Å². The molecule has 1 aliphatic rings. The summed E-state index contributed by atoms with van der Waals surface area (Å²) in [6, 6.07) is 0. The summed E-state index contributed by atoms with van der Waals surface area (Å²) in [5.41, 5.74) is 0. The number of esters is 1. The Hall–Kier alpha value is -1.14. The number of ether oxygens (including phenoxy) is 1. The highest BCUT2D eigenvalue weighted by molar-refractivity contribution is 5.78.